The molecule has 0 aromatic heterocycles. The predicted octanol–water partition coefficient (Wildman–Crippen LogP) is 2.25. The molecule has 3 saturated carbocycles. The van der Waals surface area contributed by atoms with Crippen molar-refractivity contribution in [3.63, 3.8) is 0 Å². The maximum Gasteiger partial charge on any atom is 0.0136 e. The van der Waals surface area contributed by atoms with Crippen molar-refractivity contribution in [1.82, 2.24) is 10.2 Å². The van der Waals surface area contributed by atoms with Crippen molar-refractivity contribution in [1.29, 1.82) is 0 Å². The van der Waals surface area contributed by atoms with E-state index in [1.165, 1.54) is 58.2 Å². The van der Waals surface area contributed by atoms with E-state index in [-0.39, 0.29) is 0 Å². The van der Waals surface area contributed by atoms with Gasteiger partial charge in [0.1, 0.15) is 0 Å². The number of nitrogens with zero attached hydrogens (tertiary/aromatic N) is 1. The molecule has 2 heteroatoms. The molecule has 0 heterocycles. The fourth-order valence-corrected chi connectivity index (χ4v) is 3.01. The van der Waals surface area contributed by atoms with E-state index in [1.54, 1.807) is 0 Å². The summed E-state index contributed by atoms with van der Waals surface area (Å²) in [7, 11) is 0. The largest absolute Gasteiger partial charge is 0.314 e. The van der Waals surface area contributed by atoms with Gasteiger partial charge in [0, 0.05) is 18.6 Å². The van der Waals surface area contributed by atoms with E-state index in [1.807, 2.05) is 0 Å². The van der Waals surface area contributed by atoms with Crippen LogP contribution in [0.1, 0.15) is 45.4 Å². The number of hydrogen-bond acceptors (Lipinski definition) is 2. The van der Waals surface area contributed by atoms with Crippen LogP contribution < -0.4 is 5.32 Å². The highest BCUT2D eigenvalue weighted by Crippen LogP contribution is 2.36. The summed E-state index contributed by atoms with van der Waals surface area (Å²) in [5.74, 6) is 2.01. The second-order valence-corrected chi connectivity index (χ2v) is 6.12. The minimum absolute atomic E-state index is 0.889. The topological polar surface area (TPSA) is 15.3 Å². The van der Waals surface area contributed by atoms with Crippen LogP contribution in [0.2, 0.25) is 0 Å². The van der Waals surface area contributed by atoms with Crippen LogP contribution in [-0.2, 0) is 0 Å². The smallest absolute Gasteiger partial charge is 0.0136 e. The molecule has 0 radical (unpaired) electrons. The average Bonchev–Trinajstić information content (AvgIpc) is 3.09. The Morgan fingerprint density at radius 1 is 1.06 bits per heavy atom. The van der Waals surface area contributed by atoms with E-state index in [2.05, 4.69) is 17.1 Å². The summed E-state index contributed by atoms with van der Waals surface area (Å²) in [6.07, 6.45) is 8.76. The van der Waals surface area contributed by atoms with Gasteiger partial charge >= 0.3 is 0 Å². The second kappa shape index (κ2) is 4.66. The van der Waals surface area contributed by atoms with Crippen molar-refractivity contribution in [2.75, 3.05) is 19.6 Å². The summed E-state index contributed by atoms with van der Waals surface area (Å²) in [4.78, 5) is 2.76. The van der Waals surface area contributed by atoms with Gasteiger partial charge < -0.3 is 10.2 Å². The van der Waals surface area contributed by atoms with Crippen LogP contribution in [0.3, 0.4) is 0 Å². The molecule has 0 aromatic rings. The van der Waals surface area contributed by atoms with E-state index < -0.39 is 0 Å². The lowest BCUT2D eigenvalue weighted by Gasteiger charge is -2.44. The average molecular weight is 222 g/mol. The van der Waals surface area contributed by atoms with E-state index in [4.69, 9.17) is 0 Å². The van der Waals surface area contributed by atoms with Gasteiger partial charge in [0.2, 0.25) is 0 Å². The Hall–Kier alpha value is -0.0800. The fraction of sp³-hybridized carbons (Fsp3) is 1.00. The molecule has 3 rings (SSSR count). The minimum Gasteiger partial charge on any atom is -0.314 e. The summed E-state index contributed by atoms with van der Waals surface area (Å²) in [5.41, 5.74) is 0. The van der Waals surface area contributed by atoms with Gasteiger partial charge in [-0.25, -0.2) is 0 Å². The monoisotopic (exact) mass is 222 g/mol. The highest BCUT2D eigenvalue weighted by molar-refractivity contribution is 4.93. The highest BCUT2D eigenvalue weighted by atomic mass is 15.2. The van der Waals surface area contributed by atoms with Crippen LogP contribution in [0.15, 0.2) is 0 Å². The van der Waals surface area contributed by atoms with Crippen molar-refractivity contribution in [3.05, 3.63) is 0 Å². The Balaban J connectivity index is 1.43. The highest BCUT2D eigenvalue weighted by Gasteiger charge is 2.37. The molecule has 1 N–H and O–H groups in total. The van der Waals surface area contributed by atoms with Crippen molar-refractivity contribution < 1.29 is 0 Å². The van der Waals surface area contributed by atoms with Gasteiger partial charge in [0.05, 0.1) is 0 Å². The zero-order valence-corrected chi connectivity index (χ0v) is 10.6. The molecular formula is C14H26N2. The Kier molecular flexibility index (Phi) is 3.21. The number of rotatable bonds is 7. The zero-order chi connectivity index (χ0) is 11.0. The predicted molar refractivity (Wildman–Crippen MR) is 67.5 cm³/mol. The molecule has 92 valence electrons. The minimum atomic E-state index is 0.889. The summed E-state index contributed by atoms with van der Waals surface area (Å²) < 4.78 is 0. The first kappa shape index (κ1) is 11.0. The van der Waals surface area contributed by atoms with Crippen LogP contribution >= 0.6 is 0 Å². The molecule has 2 nitrogen and oxygen atoms in total. The van der Waals surface area contributed by atoms with Gasteiger partial charge in [-0.3, -0.25) is 0 Å². The van der Waals surface area contributed by atoms with Crippen LogP contribution in [0.4, 0.5) is 0 Å². The quantitative estimate of drug-likeness (QED) is 0.711. The molecule has 3 aliphatic rings. The maximum atomic E-state index is 3.71. The molecule has 2 unspecified atom stereocenters. The first-order valence-corrected chi connectivity index (χ1v) is 7.34. The lowest BCUT2D eigenvalue weighted by atomic mass is 9.78. The van der Waals surface area contributed by atoms with Crippen molar-refractivity contribution in [3.8, 4) is 0 Å². The van der Waals surface area contributed by atoms with Gasteiger partial charge in [-0.05, 0) is 63.5 Å². The van der Waals surface area contributed by atoms with E-state index in [0.717, 1.165) is 23.9 Å². The van der Waals surface area contributed by atoms with Crippen LogP contribution in [0.25, 0.3) is 0 Å². The molecule has 0 aromatic carbocycles. The molecule has 0 aliphatic heterocycles. The molecular weight excluding hydrogens is 196 g/mol. The van der Waals surface area contributed by atoms with Crippen molar-refractivity contribution in [2.45, 2.75) is 57.5 Å². The summed E-state index contributed by atoms with van der Waals surface area (Å²) >= 11 is 0. The third-order valence-electron chi connectivity index (χ3n) is 4.69. The zero-order valence-electron chi connectivity index (χ0n) is 10.6. The Morgan fingerprint density at radius 3 is 2.38 bits per heavy atom. The third-order valence-corrected chi connectivity index (χ3v) is 4.69. The summed E-state index contributed by atoms with van der Waals surface area (Å²) in [6.45, 7) is 6.28. The van der Waals surface area contributed by atoms with Crippen LogP contribution in [-0.4, -0.2) is 36.6 Å². The molecule has 3 fully saturated rings. The van der Waals surface area contributed by atoms with Gasteiger partial charge in [0.15, 0.2) is 0 Å². The van der Waals surface area contributed by atoms with E-state index in [9.17, 15) is 0 Å². The van der Waals surface area contributed by atoms with Crippen molar-refractivity contribution >= 4 is 0 Å². The summed E-state index contributed by atoms with van der Waals surface area (Å²) in [5, 5.41) is 3.71. The molecule has 2 atom stereocenters. The molecule has 3 aliphatic carbocycles. The SMILES string of the molecule is CCN(CC1CC1)C1CCC1CNC1CC1. The van der Waals surface area contributed by atoms with Crippen molar-refractivity contribution in [2.24, 2.45) is 11.8 Å². The molecule has 0 amide bonds. The molecule has 16 heavy (non-hydrogen) atoms. The van der Waals surface area contributed by atoms with E-state index >= 15 is 0 Å². The Labute approximate surface area is 99.8 Å². The van der Waals surface area contributed by atoms with E-state index in [0.29, 0.717) is 0 Å². The maximum absolute atomic E-state index is 3.71. The first-order chi connectivity index (χ1) is 7.86. The fourth-order valence-electron chi connectivity index (χ4n) is 3.01. The first-order valence-electron chi connectivity index (χ1n) is 7.34. The molecule has 0 saturated heterocycles. The van der Waals surface area contributed by atoms with Gasteiger partial charge in [-0.2, -0.15) is 0 Å². The normalized spacial score (nSPS) is 34.1. The molecule has 0 bridgehead atoms. The summed E-state index contributed by atoms with van der Waals surface area (Å²) in [6, 6.07) is 1.80. The number of nitrogens with one attached hydrogen (secondary N) is 1. The van der Waals surface area contributed by atoms with Crippen LogP contribution in [0.5, 0.6) is 0 Å². The Bertz CT molecular complexity index is 233. The lowest BCUT2D eigenvalue weighted by Crippen LogP contribution is -2.51. The standard InChI is InChI=1S/C14H26N2/c1-2-16(10-11-3-4-11)14-8-5-12(14)9-15-13-6-7-13/h11-15H,2-10H2,1H3. The van der Waals surface area contributed by atoms with Crippen LogP contribution in [0, 0.1) is 11.8 Å². The second-order valence-electron chi connectivity index (χ2n) is 6.12. The molecule has 0 spiro atoms. The van der Waals surface area contributed by atoms with Gasteiger partial charge in [0.25, 0.3) is 0 Å². The third kappa shape index (κ3) is 2.60. The lowest BCUT2D eigenvalue weighted by molar-refractivity contribution is 0.0620. The number of hydrogen-bond donors (Lipinski definition) is 1. The van der Waals surface area contributed by atoms with Gasteiger partial charge in [-0.15, -0.1) is 0 Å². The van der Waals surface area contributed by atoms with Gasteiger partial charge in [-0.1, -0.05) is 6.92 Å². The Morgan fingerprint density at radius 2 is 1.88 bits per heavy atom.